The fourth-order valence-electron chi connectivity index (χ4n) is 0.177. The third kappa shape index (κ3) is 0.814. The van der Waals surface area contributed by atoms with Crippen molar-refractivity contribution in [2.24, 2.45) is 0 Å². The van der Waals surface area contributed by atoms with Crippen LogP contribution in [-0.2, 0) is 9.56 Å². The Labute approximate surface area is 37.2 Å². The summed E-state index contributed by atoms with van der Waals surface area (Å²) in [5, 5.41) is 0. The van der Waals surface area contributed by atoms with Crippen molar-refractivity contribution in [1.82, 2.24) is 0 Å². The van der Waals surface area contributed by atoms with E-state index < -0.39 is 0 Å². The third-order valence-electron chi connectivity index (χ3n) is 0.367. The van der Waals surface area contributed by atoms with Crippen molar-refractivity contribution in [2.45, 2.75) is 0 Å². The second-order valence-corrected chi connectivity index (χ2v) is 1.41. The molecule has 3 heteroatoms. The molecule has 0 bridgehead atoms. The lowest BCUT2D eigenvalue weighted by molar-refractivity contribution is -0.133. The predicted octanol–water partition coefficient (Wildman–Crippen LogP) is 1.13. The molecular weight excluding hydrogens is 99.0 g/mol. The first-order chi connectivity index (χ1) is 3.00. The van der Waals surface area contributed by atoms with Gasteiger partial charge in [-0.25, -0.2) is 0 Å². The lowest BCUT2D eigenvalue weighted by Gasteiger charge is -1.91. The van der Waals surface area contributed by atoms with Gasteiger partial charge in [0.05, 0.1) is 0 Å². The van der Waals surface area contributed by atoms with Crippen LogP contribution in [-0.4, -0.2) is 5.80 Å². The Balaban J connectivity index is 2.46. The van der Waals surface area contributed by atoms with Gasteiger partial charge in [-0.2, -0.15) is 0 Å². The van der Waals surface area contributed by atoms with E-state index in [9.17, 15) is 0 Å². The monoisotopic (exact) mass is 102 g/mol. The molecule has 1 aliphatic rings. The largest absolute Gasteiger partial charge is 0.337 e. The summed E-state index contributed by atoms with van der Waals surface area (Å²) in [6.45, 7) is 0. The SMILES string of the molecule is C1=COOP=C1. The minimum atomic E-state index is 0.764. The molecule has 0 aromatic carbocycles. The molecule has 1 rings (SSSR count). The smallest absolute Gasteiger partial charge is 0.130 e. The highest BCUT2D eigenvalue weighted by atomic mass is 31.1. The zero-order valence-corrected chi connectivity index (χ0v) is 3.89. The van der Waals surface area contributed by atoms with Gasteiger partial charge in [0, 0.05) is 0 Å². The van der Waals surface area contributed by atoms with Crippen LogP contribution in [0.15, 0.2) is 12.3 Å². The molecule has 6 heavy (non-hydrogen) atoms. The van der Waals surface area contributed by atoms with Gasteiger partial charge < -0.3 is 4.89 Å². The highest BCUT2D eigenvalue weighted by Crippen LogP contribution is 2.01. The maximum atomic E-state index is 4.40. The molecule has 0 aromatic rings. The van der Waals surface area contributed by atoms with E-state index in [0.717, 1.165) is 8.43 Å². The Morgan fingerprint density at radius 1 is 1.50 bits per heavy atom. The summed E-state index contributed by atoms with van der Waals surface area (Å²) in [4.78, 5) is 4.35. The van der Waals surface area contributed by atoms with Crippen LogP contribution in [0.3, 0.4) is 0 Å². The number of allylic oxidation sites excluding steroid dienone is 1. The zero-order valence-electron chi connectivity index (χ0n) is 3.00. The number of hydrogen-bond acceptors (Lipinski definition) is 2. The van der Waals surface area contributed by atoms with Crippen LogP contribution in [0, 0.1) is 0 Å². The van der Waals surface area contributed by atoms with Crippen LogP contribution in [0.2, 0.25) is 0 Å². The van der Waals surface area contributed by atoms with Gasteiger partial charge >= 0.3 is 0 Å². The van der Waals surface area contributed by atoms with Crippen molar-refractivity contribution in [3.05, 3.63) is 12.3 Å². The quantitative estimate of drug-likeness (QED) is 0.337. The molecule has 0 saturated heterocycles. The summed E-state index contributed by atoms with van der Waals surface area (Å²) in [7, 11) is 0.764. The first-order valence-electron chi connectivity index (χ1n) is 1.51. The lowest BCUT2D eigenvalue weighted by atomic mass is 10.7. The fourth-order valence-corrected chi connectivity index (χ4v) is 0.467. The molecule has 1 aliphatic heterocycles. The number of rotatable bonds is 0. The van der Waals surface area contributed by atoms with E-state index in [1.807, 2.05) is 5.80 Å². The van der Waals surface area contributed by atoms with E-state index in [0.29, 0.717) is 0 Å². The molecule has 0 unspecified atom stereocenters. The molecule has 0 atom stereocenters. The molecule has 1 heterocycles. The fraction of sp³-hybridized carbons (Fsp3) is 0. The van der Waals surface area contributed by atoms with Crippen molar-refractivity contribution >= 4 is 14.2 Å². The average Bonchev–Trinajstić information content (AvgIpc) is 1.72. The van der Waals surface area contributed by atoms with E-state index in [1.165, 1.54) is 6.26 Å². The second kappa shape index (κ2) is 1.96. The highest BCUT2D eigenvalue weighted by molar-refractivity contribution is 7.33. The van der Waals surface area contributed by atoms with Crippen molar-refractivity contribution in [2.75, 3.05) is 0 Å². The zero-order chi connectivity index (χ0) is 4.24. The summed E-state index contributed by atoms with van der Waals surface area (Å²) >= 11 is 0. The van der Waals surface area contributed by atoms with Gasteiger partial charge in [0.15, 0.2) is 0 Å². The second-order valence-electron chi connectivity index (χ2n) is 0.754. The van der Waals surface area contributed by atoms with Crippen LogP contribution >= 0.6 is 8.43 Å². The summed E-state index contributed by atoms with van der Waals surface area (Å²) in [5.74, 6) is 1.84. The Morgan fingerprint density at radius 2 is 2.50 bits per heavy atom. The van der Waals surface area contributed by atoms with Crippen LogP contribution in [0.4, 0.5) is 0 Å². The first kappa shape index (κ1) is 3.85. The highest BCUT2D eigenvalue weighted by Gasteiger charge is 1.77. The normalized spacial score (nSPS) is 20.0. The van der Waals surface area contributed by atoms with Gasteiger partial charge in [0.1, 0.15) is 14.7 Å². The average molecular weight is 102 g/mol. The van der Waals surface area contributed by atoms with Crippen LogP contribution < -0.4 is 0 Å². The summed E-state index contributed by atoms with van der Waals surface area (Å²) < 4.78 is 4.40. The molecule has 0 fully saturated rings. The van der Waals surface area contributed by atoms with E-state index in [-0.39, 0.29) is 0 Å². The molecule has 2 nitrogen and oxygen atoms in total. The molecule has 0 radical (unpaired) electrons. The maximum absolute atomic E-state index is 4.40. The van der Waals surface area contributed by atoms with Crippen LogP contribution in [0.5, 0.6) is 0 Å². The third-order valence-corrected chi connectivity index (χ3v) is 0.833. The molecule has 0 aliphatic carbocycles. The Bertz CT molecular complexity index is 74.8. The van der Waals surface area contributed by atoms with Gasteiger partial charge in [0.25, 0.3) is 0 Å². The molecule has 0 spiro atoms. The summed E-state index contributed by atoms with van der Waals surface area (Å²) in [5.41, 5.74) is 0. The van der Waals surface area contributed by atoms with E-state index in [4.69, 9.17) is 0 Å². The molecule has 0 amide bonds. The molecule has 32 valence electrons. The predicted molar refractivity (Wildman–Crippen MR) is 24.3 cm³/mol. The molecule has 0 aromatic heterocycles. The van der Waals surface area contributed by atoms with E-state index in [2.05, 4.69) is 9.56 Å². The van der Waals surface area contributed by atoms with Gasteiger partial charge in [0.2, 0.25) is 0 Å². The maximum Gasteiger partial charge on any atom is 0.130 e. The van der Waals surface area contributed by atoms with Gasteiger partial charge in [-0.1, -0.05) is 0 Å². The van der Waals surface area contributed by atoms with Crippen molar-refractivity contribution in [3.63, 3.8) is 0 Å². The standard InChI is InChI=1S/C3H3O2P/c1-2-4-5-6-3-1/h1-3H. The lowest BCUT2D eigenvalue weighted by Crippen LogP contribution is -1.75. The van der Waals surface area contributed by atoms with Crippen LogP contribution in [0.1, 0.15) is 0 Å². The first-order valence-corrected chi connectivity index (χ1v) is 2.39. The van der Waals surface area contributed by atoms with Gasteiger partial charge in [-0.3, -0.25) is 0 Å². The minimum Gasteiger partial charge on any atom is -0.337 e. The van der Waals surface area contributed by atoms with E-state index >= 15 is 0 Å². The number of hydrogen-bond donors (Lipinski definition) is 0. The summed E-state index contributed by atoms with van der Waals surface area (Å²) in [6, 6.07) is 0. The van der Waals surface area contributed by atoms with Gasteiger partial charge in [-0.05, 0) is 11.9 Å². The topological polar surface area (TPSA) is 18.5 Å². The Kier molecular flexibility index (Phi) is 1.25. The minimum absolute atomic E-state index is 0.764. The van der Waals surface area contributed by atoms with Crippen molar-refractivity contribution < 1.29 is 9.56 Å². The van der Waals surface area contributed by atoms with Crippen LogP contribution in [0.25, 0.3) is 0 Å². The van der Waals surface area contributed by atoms with Crippen molar-refractivity contribution in [1.29, 1.82) is 0 Å². The van der Waals surface area contributed by atoms with Gasteiger partial charge in [-0.15, -0.1) is 4.67 Å². The Morgan fingerprint density at radius 3 is 2.67 bits per heavy atom. The Hall–Kier alpha value is -0.330. The summed E-state index contributed by atoms with van der Waals surface area (Å²) in [6.07, 6.45) is 3.27. The van der Waals surface area contributed by atoms with Crippen molar-refractivity contribution in [3.8, 4) is 0 Å². The molecular formula is C3H3O2P. The molecule has 0 saturated carbocycles. The molecule has 0 N–H and O–H groups in total. The van der Waals surface area contributed by atoms with E-state index in [1.54, 1.807) is 6.08 Å².